The molecule has 0 spiro atoms. The molecule has 3 rings (SSSR count). The summed E-state index contributed by atoms with van der Waals surface area (Å²) in [5.74, 6) is 0.823. The molecule has 0 bridgehead atoms. The Hall–Kier alpha value is -3.49. The van der Waals surface area contributed by atoms with E-state index in [2.05, 4.69) is 32.0 Å². The van der Waals surface area contributed by atoms with Gasteiger partial charge in [0.2, 0.25) is 0 Å². The minimum Gasteiger partial charge on any atom is -0.391 e. The Balaban J connectivity index is 1.82. The van der Waals surface area contributed by atoms with Crippen LogP contribution in [0.25, 0.3) is 0 Å². The van der Waals surface area contributed by atoms with Gasteiger partial charge in [0.25, 0.3) is 5.91 Å². The fourth-order valence-corrected chi connectivity index (χ4v) is 3.57. The molecule has 0 unspecified atom stereocenters. The molecule has 1 aliphatic heterocycles. The van der Waals surface area contributed by atoms with Crippen LogP contribution in [-0.2, 0) is 0 Å². The van der Waals surface area contributed by atoms with E-state index in [9.17, 15) is 24.7 Å². The zero-order valence-corrected chi connectivity index (χ0v) is 20.3. The van der Waals surface area contributed by atoms with E-state index in [1.54, 1.807) is 18.2 Å². The highest BCUT2D eigenvalue weighted by Gasteiger charge is 2.27. The molecule has 2 aromatic heterocycles. The average molecular weight is 486 g/mol. The molecule has 1 fully saturated rings. The summed E-state index contributed by atoms with van der Waals surface area (Å²) in [7, 11) is 0. The first kappa shape index (κ1) is 26.1. The second-order valence-electron chi connectivity index (χ2n) is 9.44. The quantitative estimate of drug-likeness (QED) is 0.361. The second-order valence-corrected chi connectivity index (χ2v) is 9.44. The van der Waals surface area contributed by atoms with Gasteiger partial charge in [-0.1, -0.05) is 0 Å². The molecule has 0 saturated carbocycles. The number of hydrogen-bond donors (Lipinski definition) is 5. The number of aliphatic hydroxyl groups is 2. The third-order valence-corrected chi connectivity index (χ3v) is 5.52. The molecule has 1 amide bonds. The van der Waals surface area contributed by atoms with Crippen molar-refractivity contribution in [3.05, 3.63) is 35.5 Å². The number of nitrogens with one attached hydrogen (secondary N) is 3. The van der Waals surface area contributed by atoms with Crippen molar-refractivity contribution >= 4 is 29.0 Å². The van der Waals surface area contributed by atoms with Gasteiger partial charge in [-0.3, -0.25) is 4.79 Å². The van der Waals surface area contributed by atoms with Gasteiger partial charge in [0.1, 0.15) is 29.7 Å². The van der Waals surface area contributed by atoms with Crippen LogP contribution in [0.3, 0.4) is 0 Å². The van der Waals surface area contributed by atoms with Crippen LogP contribution in [0.5, 0.6) is 0 Å². The third-order valence-electron chi connectivity index (χ3n) is 5.52. The standard InChI is InChI=1S/C24H32FN7O3/c1-14(2)29-18-9-21(27-11-17(18)23(34)28-12-19(25)24(3,4)35)30-20-6-5-15(10-26)22(31-20)32-8-7-16(33)13-32/h5-6,9,11,14,16,19,33,35H,7-8,12-13H2,1-4H3,(H,28,34)(H2,27,29,30,31)/t16-,19+/m0/s1. The number of aliphatic hydroxyl groups excluding tert-OH is 1. The molecular weight excluding hydrogens is 453 g/mol. The molecule has 5 N–H and O–H groups in total. The Kier molecular flexibility index (Phi) is 8.09. The van der Waals surface area contributed by atoms with Gasteiger partial charge in [0.05, 0.1) is 35.1 Å². The summed E-state index contributed by atoms with van der Waals surface area (Å²) in [4.78, 5) is 23.4. The van der Waals surface area contributed by atoms with Gasteiger partial charge in [-0.25, -0.2) is 14.4 Å². The summed E-state index contributed by atoms with van der Waals surface area (Å²) in [5, 5.41) is 37.9. The molecule has 2 atom stereocenters. The Morgan fingerprint density at radius 3 is 2.71 bits per heavy atom. The molecule has 11 heteroatoms. The maximum Gasteiger partial charge on any atom is 0.255 e. The number of amides is 1. The van der Waals surface area contributed by atoms with E-state index in [0.29, 0.717) is 48.2 Å². The first-order valence-electron chi connectivity index (χ1n) is 11.5. The number of hydrogen-bond acceptors (Lipinski definition) is 9. The van der Waals surface area contributed by atoms with Crippen molar-refractivity contribution in [2.45, 2.75) is 58.0 Å². The number of carbonyl (C=O) groups excluding carboxylic acids is 1. The summed E-state index contributed by atoms with van der Waals surface area (Å²) >= 11 is 0. The van der Waals surface area contributed by atoms with Gasteiger partial charge in [-0.15, -0.1) is 0 Å². The molecule has 35 heavy (non-hydrogen) atoms. The monoisotopic (exact) mass is 485 g/mol. The largest absolute Gasteiger partial charge is 0.391 e. The zero-order valence-electron chi connectivity index (χ0n) is 20.3. The van der Waals surface area contributed by atoms with Crippen LogP contribution in [0.2, 0.25) is 0 Å². The third kappa shape index (κ3) is 6.77. The van der Waals surface area contributed by atoms with Gasteiger partial charge in [-0.2, -0.15) is 5.26 Å². The molecule has 1 saturated heterocycles. The summed E-state index contributed by atoms with van der Waals surface area (Å²) in [6.45, 7) is 7.18. The lowest BCUT2D eigenvalue weighted by atomic mass is 10.0. The van der Waals surface area contributed by atoms with Gasteiger partial charge in [0.15, 0.2) is 0 Å². The fourth-order valence-electron chi connectivity index (χ4n) is 3.57. The van der Waals surface area contributed by atoms with Crippen LogP contribution < -0.4 is 20.9 Å². The maximum atomic E-state index is 14.1. The Morgan fingerprint density at radius 2 is 2.11 bits per heavy atom. The van der Waals surface area contributed by atoms with Crippen molar-refractivity contribution in [1.82, 2.24) is 15.3 Å². The summed E-state index contributed by atoms with van der Waals surface area (Å²) in [6, 6.07) is 7.10. The highest BCUT2D eigenvalue weighted by Crippen LogP contribution is 2.27. The number of halogens is 1. The predicted octanol–water partition coefficient (Wildman–Crippen LogP) is 2.32. The minimum absolute atomic E-state index is 0.00309. The highest BCUT2D eigenvalue weighted by atomic mass is 19.1. The van der Waals surface area contributed by atoms with E-state index in [-0.39, 0.29) is 18.2 Å². The summed E-state index contributed by atoms with van der Waals surface area (Å²) < 4.78 is 14.1. The van der Waals surface area contributed by atoms with Crippen LogP contribution in [0.1, 0.15) is 50.0 Å². The molecule has 1 aliphatic rings. The Labute approximate surface area is 204 Å². The van der Waals surface area contributed by atoms with E-state index in [4.69, 9.17) is 0 Å². The van der Waals surface area contributed by atoms with Crippen LogP contribution >= 0.6 is 0 Å². The number of carbonyl (C=O) groups is 1. The van der Waals surface area contributed by atoms with Gasteiger partial charge >= 0.3 is 0 Å². The number of anilines is 4. The molecular formula is C24H32FN7O3. The van der Waals surface area contributed by atoms with Crippen LogP contribution in [0.4, 0.5) is 27.5 Å². The number of pyridine rings is 2. The van der Waals surface area contributed by atoms with E-state index in [0.717, 1.165) is 0 Å². The minimum atomic E-state index is -1.63. The van der Waals surface area contributed by atoms with Crippen molar-refractivity contribution in [3.63, 3.8) is 0 Å². The fraction of sp³-hybridized carbons (Fsp3) is 0.500. The van der Waals surface area contributed by atoms with E-state index in [1.807, 2.05) is 18.7 Å². The normalized spacial score (nSPS) is 16.7. The van der Waals surface area contributed by atoms with Crippen molar-refractivity contribution < 1.29 is 19.4 Å². The zero-order chi connectivity index (χ0) is 25.8. The average Bonchev–Trinajstić information content (AvgIpc) is 3.22. The first-order valence-corrected chi connectivity index (χ1v) is 11.5. The van der Waals surface area contributed by atoms with Crippen LogP contribution in [-0.4, -0.2) is 69.6 Å². The van der Waals surface area contributed by atoms with E-state index < -0.39 is 23.8 Å². The molecule has 0 radical (unpaired) electrons. The van der Waals surface area contributed by atoms with Crippen molar-refractivity contribution in [1.29, 1.82) is 5.26 Å². The van der Waals surface area contributed by atoms with Crippen LogP contribution in [0, 0.1) is 11.3 Å². The summed E-state index contributed by atoms with van der Waals surface area (Å²) in [5.41, 5.74) is -0.445. The molecule has 0 aromatic carbocycles. The van der Waals surface area contributed by atoms with Crippen molar-refractivity contribution in [3.8, 4) is 6.07 Å². The molecule has 2 aromatic rings. The number of nitrogens with zero attached hydrogens (tertiary/aromatic N) is 4. The van der Waals surface area contributed by atoms with Crippen molar-refractivity contribution in [2.75, 3.05) is 35.2 Å². The smallest absolute Gasteiger partial charge is 0.255 e. The molecule has 188 valence electrons. The molecule has 10 nitrogen and oxygen atoms in total. The number of nitriles is 1. The topological polar surface area (TPSA) is 146 Å². The number of β-amino-alcohol motifs (C(OH)–C–C–N with tert-alkyl or cyclic N) is 1. The van der Waals surface area contributed by atoms with E-state index in [1.165, 1.54) is 20.0 Å². The van der Waals surface area contributed by atoms with Crippen molar-refractivity contribution in [2.24, 2.45) is 0 Å². The highest BCUT2D eigenvalue weighted by molar-refractivity contribution is 5.99. The van der Waals surface area contributed by atoms with E-state index >= 15 is 0 Å². The van der Waals surface area contributed by atoms with Gasteiger partial charge in [-0.05, 0) is 46.2 Å². The second kappa shape index (κ2) is 10.8. The lowest BCUT2D eigenvalue weighted by Crippen LogP contribution is -2.42. The number of aromatic nitrogens is 2. The molecule has 0 aliphatic carbocycles. The maximum absolute atomic E-state index is 14.1. The lowest BCUT2D eigenvalue weighted by molar-refractivity contribution is -0.00177. The SMILES string of the molecule is CC(C)Nc1cc(Nc2ccc(C#N)c(N3CC[C@H](O)C3)n2)ncc1C(=O)NC[C@@H](F)C(C)(C)O. The molecule has 3 heterocycles. The number of alkyl halides is 1. The Morgan fingerprint density at radius 1 is 1.37 bits per heavy atom. The first-order chi connectivity index (χ1) is 16.5. The predicted molar refractivity (Wildman–Crippen MR) is 132 cm³/mol. The van der Waals surface area contributed by atoms with Gasteiger partial charge < -0.3 is 31.1 Å². The van der Waals surface area contributed by atoms with Gasteiger partial charge in [0, 0.05) is 31.4 Å². The Bertz CT molecular complexity index is 1100. The van der Waals surface area contributed by atoms with Crippen LogP contribution in [0.15, 0.2) is 24.4 Å². The lowest BCUT2D eigenvalue weighted by Gasteiger charge is -2.23. The summed E-state index contributed by atoms with van der Waals surface area (Å²) in [6.07, 6.45) is -0.101. The number of rotatable bonds is 9.